The summed E-state index contributed by atoms with van der Waals surface area (Å²) in [5.41, 5.74) is -1.20. The molecule has 0 spiro atoms. The van der Waals surface area contributed by atoms with E-state index < -0.39 is 45.9 Å². The van der Waals surface area contributed by atoms with Crippen molar-refractivity contribution in [2.75, 3.05) is 37.0 Å². The van der Waals surface area contributed by atoms with E-state index in [1.165, 1.54) is 50.6 Å². The number of nitrogens with zero attached hydrogens (tertiary/aromatic N) is 1. The maximum absolute atomic E-state index is 13.7. The van der Waals surface area contributed by atoms with Gasteiger partial charge in [0.1, 0.15) is 6.54 Å². The SMILES string of the molecule is CCOC(=O)c1cccc(NC(=O)CN(c2cccc(C(F)(F)F)c2)S(=O)(=O)c2ccc(OC)c(OC)c2)c1. The van der Waals surface area contributed by atoms with Crippen LogP contribution in [0.2, 0.25) is 0 Å². The quantitative estimate of drug-likeness (QED) is 0.353. The molecule has 3 rings (SSSR count). The minimum atomic E-state index is -4.76. The van der Waals surface area contributed by atoms with E-state index in [-0.39, 0.29) is 34.3 Å². The number of anilines is 2. The lowest BCUT2D eigenvalue weighted by Crippen LogP contribution is -2.38. The van der Waals surface area contributed by atoms with Gasteiger partial charge in [-0.05, 0) is 55.5 Å². The molecule has 0 unspecified atom stereocenters. The molecule has 39 heavy (non-hydrogen) atoms. The molecule has 1 N–H and O–H groups in total. The van der Waals surface area contributed by atoms with Gasteiger partial charge in [0.25, 0.3) is 10.0 Å². The maximum atomic E-state index is 13.7. The van der Waals surface area contributed by atoms with Crippen LogP contribution in [-0.4, -0.2) is 47.7 Å². The summed E-state index contributed by atoms with van der Waals surface area (Å²) in [6.45, 7) is 0.877. The number of hydrogen-bond donors (Lipinski definition) is 1. The molecule has 0 atom stereocenters. The Morgan fingerprint density at radius 2 is 1.62 bits per heavy atom. The summed E-state index contributed by atoms with van der Waals surface area (Å²) in [5, 5.41) is 2.47. The molecule has 0 saturated carbocycles. The van der Waals surface area contributed by atoms with Crippen LogP contribution >= 0.6 is 0 Å². The van der Waals surface area contributed by atoms with Gasteiger partial charge in [-0.1, -0.05) is 12.1 Å². The minimum absolute atomic E-state index is 0.0581. The van der Waals surface area contributed by atoms with Crippen molar-refractivity contribution in [3.05, 3.63) is 77.9 Å². The van der Waals surface area contributed by atoms with E-state index in [1.54, 1.807) is 6.92 Å². The molecule has 208 valence electrons. The maximum Gasteiger partial charge on any atom is 0.416 e. The Morgan fingerprint density at radius 1 is 0.923 bits per heavy atom. The summed E-state index contributed by atoms with van der Waals surface area (Å²) in [6.07, 6.45) is -4.76. The molecular formula is C26H25F3N2O7S. The highest BCUT2D eigenvalue weighted by atomic mass is 32.2. The van der Waals surface area contributed by atoms with Crippen molar-refractivity contribution in [3.63, 3.8) is 0 Å². The van der Waals surface area contributed by atoms with E-state index in [0.29, 0.717) is 10.4 Å². The highest BCUT2D eigenvalue weighted by molar-refractivity contribution is 7.92. The third-order valence-corrected chi connectivity index (χ3v) is 7.12. The number of sulfonamides is 1. The van der Waals surface area contributed by atoms with Crippen LogP contribution in [0.15, 0.2) is 71.6 Å². The fourth-order valence-electron chi connectivity index (χ4n) is 3.53. The summed E-state index contributed by atoms with van der Waals surface area (Å²) in [7, 11) is -1.96. The normalized spacial score (nSPS) is 11.4. The van der Waals surface area contributed by atoms with Crippen molar-refractivity contribution in [1.29, 1.82) is 0 Å². The second-order valence-corrected chi connectivity index (χ2v) is 9.79. The molecule has 3 aromatic rings. The summed E-state index contributed by atoms with van der Waals surface area (Å²) < 4.78 is 83.4. The molecule has 0 aromatic heterocycles. The number of benzene rings is 3. The first-order valence-electron chi connectivity index (χ1n) is 11.4. The van der Waals surface area contributed by atoms with Crippen LogP contribution in [0, 0.1) is 0 Å². The van der Waals surface area contributed by atoms with E-state index in [2.05, 4.69) is 5.32 Å². The van der Waals surface area contributed by atoms with E-state index in [9.17, 15) is 31.2 Å². The van der Waals surface area contributed by atoms with Crippen molar-refractivity contribution < 1.29 is 45.4 Å². The Bertz CT molecular complexity index is 1460. The first-order chi connectivity index (χ1) is 18.4. The van der Waals surface area contributed by atoms with Crippen LogP contribution in [0.3, 0.4) is 0 Å². The van der Waals surface area contributed by atoms with Crippen LogP contribution in [-0.2, 0) is 25.7 Å². The van der Waals surface area contributed by atoms with Gasteiger partial charge < -0.3 is 19.5 Å². The molecule has 0 aliphatic carbocycles. The molecule has 1 amide bonds. The van der Waals surface area contributed by atoms with Gasteiger partial charge in [-0.15, -0.1) is 0 Å². The molecular weight excluding hydrogens is 541 g/mol. The van der Waals surface area contributed by atoms with Crippen LogP contribution < -0.4 is 19.1 Å². The molecule has 9 nitrogen and oxygen atoms in total. The number of carbonyl (C=O) groups excluding carboxylic acids is 2. The molecule has 0 radical (unpaired) electrons. The predicted octanol–water partition coefficient (Wildman–Crippen LogP) is 4.73. The van der Waals surface area contributed by atoms with Gasteiger partial charge in [0.15, 0.2) is 11.5 Å². The zero-order chi connectivity index (χ0) is 28.8. The van der Waals surface area contributed by atoms with Gasteiger partial charge >= 0.3 is 12.1 Å². The summed E-state index contributed by atoms with van der Waals surface area (Å²) in [6, 6.07) is 12.9. The van der Waals surface area contributed by atoms with E-state index in [0.717, 1.165) is 24.3 Å². The van der Waals surface area contributed by atoms with Crippen molar-refractivity contribution in [3.8, 4) is 11.5 Å². The largest absolute Gasteiger partial charge is 0.493 e. The smallest absolute Gasteiger partial charge is 0.416 e. The molecule has 13 heteroatoms. The highest BCUT2D eigenvalue weighted by Gasteiger charge is 2.33. The van der Waals surface area contributed by atoms with Gasteiger partial charge in [0.05, 0.1) is 42.5 Å². The van der Waals surface area contributed by atoms with Gasteiger partial charge in [0, 0.05) is 11.8 Å². The minimum Gasteiger partial charge on any atom is -0.493 e. The number of hydrogen-bond acceptors (Lipinski definition) is 7. The number of nitrogens with one attached hydrogen (secondary N) is 1. The average Bonchev–Trinajstić information content (AvgIpc) is 2.91. The molecule has 0 saturated heterocycles. The summed E-state index contributed by atoms with van der Waals surface area (Å²) in [5.74, 6) is -1.23. The highest BCUT2D eigenvalue weighted by Crippen LogP contribution is 2.35. The number of esters is 1. The van der Waals surface area contributed by atoms with Crippen LogP contribution in [0.5, 0.6) is 11.5 Å². The van der Waals surface area contributed by atoms with Crippen LogP contribution in [0.4, 0.5) is 24.5 Å². The number of alkyl halides is 3. The number of halogens is 3. The third kappa shape index (κ3) is 6.99. The third-order valence-electron chi connectivity index (χ3n) is 5.35. The van der Waals surface area contributed by atoms with Crippen molar-refractivity contribution in [2.24, 2.45) is 0 Å². The summed E-state index contributed by atoms with van der Waals surface area (Å²) in [4.78, 5) is 24.6. The second kappa shape index (κ2) is 12.1. The zero-order valence-corrected chi connectivity index (χ0v) is 21.9. The molecule has 0 aliphatic rings. The Balaban J connectivity index is 2.02. The van der Waals surface area contributed by atoms with E-state index in [1.807, 2.05) is 0 Å². The monoisotopic (exact) mass is 566 g/mol. The van der Waals surface area contributed by atoms with E-state index >= 15 is 0 Å². The van der Waals surface area contributed by atoms with Gasteiger partial charge in [-0.3, -0.25) is 9.10 Å². The first-order valence-corrected chi connectivity index (χ1v) is 12.8. The van der Waals surface area contributed by atoms with Crippen LogP contribution in [0.25, 0.3) is 0 Å². The van der Waals surface area contributed by atoms with Crippen molar-refractivity contribution in [1.82, 2.24) is 0 Å². The van der Waals surface area contributed by atoms with Gasteiger partial charge in [-0.25, -0.2) is 13.2 Å². The lowest BCUT2D eigenvalue weighted by molar-refractivity contribution is -0.137. The van der Waals surface area contributed by atoms with E-state index in [4.69, 9.17) is 14.2 Å². The number of ether oxygens (including phenoxy) is 3. The van der Waals surface area contributed by atoms with Gasteiger partial charge in [-0.2, -0.15) is 13.2 Å². The number of rotatable bonds is 10. The lowest BCUT2D eigenvalue weighted by atomic mass is 10.2. The zero-order valence-electron chi connectivity index (χ0n) is 21.1. The molecule has 0 aliphatic heterocycles. The lowest BCUT2D eigenvalue weighted by Gasteiger charge is -2.25. The second-order valence-electron chi connectivity index (χ2n) is 7.93. The number of carbonyl (C=O) groups is 2. The standard InChI is InChI=1S/C26H25F3N2O7S/c1-4-38-25(33)17-7-5-9-19(13-17)30-24(32)16-31(20-10-6-8-18(14-20)26(27,28)29)39(34,35)21-11-12-22(36-2)23(15-21)37-3/h5-15H,4,16H2,1-3H3,(H,30,32). The fourth-order valence-corrected chi connectivity index (χ4v) is 4.95. The average molecular weight is 567 g/mol. The molecule has 0 heterocycles. The van der Waals surface area contributed by atoms with Crippen LogP contribution in [0.1, 0.15) is 22.8 Å². The number of methoxy groups -OCH3 is 2. The topological polar surface area (TPSA) is 111 Å². The Hall–Kier alpha value is -4.26. The molecule has 0 fully saturated rings. The molecule has 3 aromatic carbocycles. The fraction of sp³-hybridized carbons (Fsp3) is 0.231. The summed E-state index contributed by atoms with van der Waals surface area (Å²) >= 11 is 0. The van der Waals surface area contributed by atoms with Gasteiger partial charge in [0.2, 0.25) is 5.91 Å². The first kappa shape index (κ1) is 29.3. The predicted molar refractivity (Wildman–Crippen MR) is 137 cm³/mol. The Kier molecular flexibility index (Phi) is 9.07. The molecule has 0 bridgehead atoms. The van der Waals surface area contributed by atoms with Crippen molar-refractivity contribution in [2.45, 2.75) is 18.0 Å². The Labute approximate surface area is 223 Å². The van der Waals surface area contributed by atoms with Crippen molar-refractivity contribution >= 4 is 33.3 Å². The number of amides is 1. The Morgan fingerprint density at radius 3 is 2.26 bits per heavy atom.